The Bertz CT molecular complexity index is 1000. The van der Waals surface area contributed by atoms with Crippen LogP contribution < -0.4 is 10.6 Å². The SMILES string of the molecule is O=C(NC[C@H]1CC(c2ccc(-c3ccccc3)cc2)=NO1)N[C@@H]1CCS(=O)(=O)C1. The van der Waals surface area contributed by atoms with Gasteiger partial charge in [0.05, 0.1) is 23.8 Å². The number of nitrogens with zero attached hydrogens (tertiary/aromatic N) is 1. The van der Waals surface area contributed by atoms with Crippen LogP contribution in [0.5, 0.6) is 0 Å². The summed E-state index contributed by atoms with van der Waals surface area (Å²) in [6.07, 6.45) is 0.821. The van der Waals surface area contributed by atoms with Crippen molar-refractivity contribution in [3.8, 4) is 11.1 Å². The summed E-state index contributed by atoms with van der Waals surface area (Å²) in [6.45, 7) is 0.306. The number of rotatable bonds is 5. The van der Waals surface area contributed by atoms with E-state index in [-0.39, 0.29) is 29.7 Å². The number of oxime groups is 1. The van der Waals surface area contributed by atoms with Gasteiger partial charge in [0.1, 0.15) is 0 Å². The number of amides is 2. The number of carbonyl (C=O) groups excluding carboxylic acids is 1. The fourth-order valence-electron chi connectivity index (χ4n) is 3.55. The molecule has 2 aromatic rings. The van der Waals surface area contributed by atoms with Crippen molar-refractivity contribution in [2.75, 3.05) is 18.1 Å². The summed E-state index contributed by atoms with van der Waals surface area (Å²) in [7, 11) is -3.02. The normalized spacial score (nSPS) is 22.6. The molecular weight excluding hydrogens is 390 g/mol. The molecule has 1 saturated heterocycles. The highest BCUT2D eigenvalue weighted by molar-refractivity contribution is 7.91. The minimum atomic E-state index is -3.02. The minimum absolute atomic E-state index is 0.00653. The topological polar surface area (TPSA) is 96.9 Å². The van der Waals surface area contributed by atoms with E-state index in [9.17, 15) is 13.2 Å². The first-order chi connectivity index (χ1) is 14.0. The van der Waals surface area contributed by atoms with E-state index in [0.717, 1.165) is 22.4 Å². The van der Waals surface area contributed by atoms with Gasteiger partial charge in [0, 0.05) is 12.5 Å². The predicted octanol–water partition coefficient (Wildman–Crippen LogP) is 2.33. The van der Waals surface area contributed by atoms with Gasteiger partial charge in [-0.2, -0.15) is 0 Å². The van der Waals surface area contributed by atoms with Crippen molar-refractivity contribution in [2.24, 2.45) is 5.16 Å². The van der Waals surface area contributed by atoms with Crippen LogP contribution in [0.15, 0.2) is 59.8 Å². The van der Waals surface area contributed by atoms with E-state index in [1.807, 2.05) is 30.3 Å². The molecule has 4 rings (SSSR count). The van der Waals surface area contributed by atoms with Crippen molar-refractivity contribution in [3.63, 3.8) is 0 Å². The summed E-state index contributed by atoms with van der Waals surface area (Å²) in [5.74, 6) is 0.135. The molecule has 0 unspecified atom stereocenters. The maximum absolute atomic E-state index is 12.0. The van der Waals surface area contributed by atoms with Gasteiger partial charge >= 0.3 is 6.03 Å². The second-order valence-electron chi connectivity index (χ2n) is 7.37. The van der Waals surface area contributed by atoms with Gasteiger partial charge in [-0.15, -0.1) is 0 Å². The summed E-state index contributed by atoms with van der Waals surface area (Å²) in [4.78, 5) is 17.4. The van der Waals surface area contributed by atoms with Crippen LogP contribution >= 0.6 is 0 Å². The van der Waals surface area contributed by atoms with Crippen molar-refractivity contribution < 1.29 is 18.0 Å². The molecule has 2 amide bonds. The second kappa shape index (κ2) is 8.24. The largest absolute Gasteiger partial charge is 0.390 e. The molecule has 0 bridgehead atoms. The number of benzene rings is 2. The van der Waals surface area contributed by atoms with Crippen LogP contribution in [0.2, 0.25) is 0 Å². The molecule has 2 heterocycles. The number of nitrogens with one attached hydrogen (secondary N) is 2. The fraction of sp³-hybridized carbons (Fsp3) is 0.333. The van der Waals surface area contributed by atoms with Crippen LogP contribution in [-0.2, 0) is 14.7 Å². The third-order valence-electron chi connectivity index (χ3n) is 5.12. The van der Waals surface area contributed by atoms with Crippen LogP contribution in [0.4, 0.5) is 4.79 Å². The first-order valence-electron chi connectivity index (χ1n) is 9.62. The molecule has 7 nitrogen and oxygen atoms in total. The quantitative estimate of drug-likeness (QED) is 0.786. The molecule has 2 aromatic carbocycles. The molecule has 2 atom stereocenters. The molecule has 0 spiro atoms. The number of hydrogen-bond acceptors (Lipinski definition) is 5. The minimum Gasteiger partial charge on any atom is -0.390 e. The Balaban J connectivity index is 1.25. The molecule has 2 N–H and O–H groups in total. The van der Waals surface area contributed by atoms with E-state index >= 15 is 0 Å². The van der Waals surface area contributed by atoms with Gasteiger partial charge in [0.15, 0.2) is 15.9 Å². The van der Waals surface area contributed by atoms with E-state index in [0.29, 0.717) is 19.4 Å². The van der Waals surface area contributed by atoms with E-state index in [2.05, 4.69) is 40.1 Å². The van der Waals surface area contributed by atoms with Crippen LogP contribution in [-0.4, -0.2) is 50.4 Å². The van der Waals surface area contributed by atoms with Crippen molar-refractivity contribution in [3.05, 3.63) is 60.2 Å². The fourth-order valence-corrected chi connectivity index (χ4v) is 5.22. The lowest BCUT2D eigenvalue weighted by atomic mass is 10.0. The van der Waals surface area contributed by atoms with E-state index in [4.69, 9.17) is 4.84 Å². The lowest BCUT2D eigenvalue weighted by molar-refractivity contribution is 0.0864. The van der Waals surface area contributed by atoms with E-state index in [1.165, 1.54) is 0 Å². The van der Waals surface area contributed by atoms with E-state index in [1.54, 1.807) is 0 Å². The second-order valence-corrected chi connectivity index (χ2v) is 9.60. The molecule has 0 aliphatic carbocycles. The summed E-state index contributed by atoms with van der Waals surface area (Å²) in [6, 6.07) is 17.6. The molecule has 152 valence electrons. The third-order valence-corrected chi connectivity index (χ3v) is 6.88. The first kappa shape index (κ1) is 19.4. The Labute approximate surface area is 170 Å². The first-order valence-corrected chi connectivity index (χ1v) is 11.4. The highest BCUT2D eigenvalue weighted by Crippen LogP contribution is 2.22. The van der Waals surface area contributed by atoms with Crippen molar-refractivity contribution >= 4 is 21.6 Å². The predicted molar refractivity (Wildman–Crippen MR) is 111 cm³/mol. The van der Waals surface area contributed by atoms with E-state index < -0.39 is 9.84 Å². The molecule has 2 aliphatic heterocycles. The maximum atomic E-state index is 12.0. The molecule has 8 heteroatoms. The van der Waals surface area contributed by atoms with Crippen molar-refractivity contribution in [1.82, 2.24) is 10.6 Å². The summed E-state index contributed by atoms with van der Waals surface area (Å²) >= 11 is 0. The van der Waals surface area contributed by atoms with Gasteiger partial charge in [0.2, 0.25) is 0 Å². The summed E-state index contributed by atoms with van der Waals surface area (Å²) < 4.78 is 22.9. The Morgan fingerprint density at radius 3 is 2.41 bits per heavy atom. The highest BCUT2D eigenvalue weighted by atomic mass is 32.2. The monoisotopic (exact) mass is 413 g/mol. The molecule has 0 aromatic heterocycles. The zero-order chi connectivity index (χ0) is 20.3. The molecule has 2 aliphatic rings. The van der Waals surface area contributed by atoms with Crippen LogP contribution in [0.25, 0.3) is 11.1 Å². The number of carbonyl (C=O) groups is 1. The van der Waals surface area contributed by atoms with Gasteiger partial charge in [0.25, 0.3) is 0 Å². The molecule has 0 saturated carbocycles. The van der Waals surface area contributed by atoms with Crippen molar-refractivity contribution in [2.45, 2.75) is 25.0 Å². The third kappa shape index (κ3) is 4.95. The average molecular weight is 413 g/mol. The highest BCUT2D eigenvalue weighted by Gasteiger charge is 2.29. The lowest BCUT2D eigenvalue weighted by Gasteiger charge is -2.14. The van der Waals surface area contributed by atoms with Crippen LogP contribution in [0, 0.1) is 0 Å². The Morgan fingerprint density at radius 1 is 1.03 bits per heavy atom. The van der Waals surface area contributed by atoms with Gasteiger partial charge < -0.3 is 15.5 Å². The molecule has 0 radical (unpaired) electrons. The Kier molecular flexibility index (Phi) is 5.53. The van der Waals surface area contributed by atoms with Gasteiger partial charge in [-0.25, -0.2) is 13.2 Å². The zero-order valence-corrected chi connectivity index (χ0v) is 16.7. The van der Waals surface area contributed by atoms with Crippen molar-refractivity contribution in [1.29, 1.82) is 0 Å². The van der Waals surface area contributed by atoms with Gasteiger partial charge in [-0.3, -0.25) is 0 Å². The number of sulfone groups is 1. The smallest absolute Gasteiger partial charge is 0.315 e. The molecule has 29 heavy (non-hydrogen) atoms. The summed E-state index contributed by atoms with van der Waals surface area (Å²) in [5.41, 5.74) is 4.14. The van der Waals surface area contributed by atoms with Crippen LogP contribution in [0.1, 0.15) is 18.4 Å². The Hall–Kier alpha value is -2.87. The summed E-state index contributed by atoms with van der Waals surface area (Å²) in [5, 5.41) is 9.59. The zero-order valence-electron chi connectivity index (χ0n) is 15.9. The number of urea groups is 1. The average Bonchev–Trinajstić information content (AvgIpc) is 3.33. The standard InChI is InChI=1S/C21H23N3O4S/c25-21(23-18-10-11-29(26,27)14-18)22-13-19-12-20(24-28-19)17-8-6-16(7-9-17)15-4-2-1-3-5-15/h1-9,18-19H,10-14H2,(H2,22,23,25)/t18-,19-/m1/s1. The van der Waals surface area contributed by atoms with Gasteiger partial charge in [-0.1, -0.05) is 59.8 Å². The van der Waals surface area contributed by atoms with Crippen LogP contribution in [0.3, 0.4) is 0 Å². The molecule has 1 fully saturated rings. The lowest BCUT2D eigenvalue weighted by Crippen LogP contribution is -2.45. The Morgan fingerprint density at radius 2 is 1.72 bits per heavy atom. The molecular formula is C21H23N3O4S. The maximum Gasteiger partial charge on any atom is 0.315 e. The number of hydrogen-bond donors (Lipinski definition) is 2. The van der Waals surface area contributed by atoms with Gasteiger partial charge in [-0.05, 0) is 23.1 Å².